The van der Waals surface area contributed by atoms with E-state index in [0.717, 1.165) is 28.1 Å². The first-order valence-electron chi connectivity index (χ1n) is 21.3. The summed E-state index contributed by atoms with van der Waals surface area (Å²) in [6.45, 7) is 28.0. The van der Waals surface area contributed by atoms with Gasteiger partial charge in [0.05, 0.1) is 39.1 Å². The molecule has 2 atom stereocenters. The number of pyridine rings is 3. The third-order valence-corrected chi connectivity index (χ3v) is 14.5. The summed E-state index contributed by atoms with van der Waals surface area (Å²) in [4.78, 5) is 16.4. The summed E-state index contributed by atoms with van der Waals surface area (Å²) in [7, 11) is 0. The Labute approximate surface area is 350 Å². The highest BCUT2D eigenvalue weighted by Crippen LogP contribution is 2.55. The Balaban J connectivity index is 1.44. The molecular weight excluding hydrogens is 717 g/mol. The van der Waals surface area contributed by atoms with Gasteiger partial charge in [0.1, 0.15) is 5.65 Å². The highest BCUT2D eigenvalue weighted by Gasteiger charge is 2.51. The number of rotatable bonds is 6. The van der Waals surface area contributed by atoms with Crippen molar-refractivity contribution < 1.29 is 0 Å². The minimum atomic E-state index is -0.671. The summed E-state index contributed by atoms with van der Waals surface area (Å²) in [5, 5.41) is 3.59. The van der Waals surface area contributed by atoms with E-state index in [1.807, 2.05) is 12.4 Å². The number of hydrogen-bond donors (Lipinski definition) is 0. The number of aromatic nitrogens is 4. The van der Waals surface area contributed by atoms with E-state index in [4.69, 9.17) is 15.0 Å². The second-order valence-corrected chi connectivity index (χ2v) is 20.5. The van der Waals surface area contributed by atoms with E-state index < -0.39 is 10.8 Å². The topological polar surface area (TPSA) is 43.1 Å². The highest BCUT2D eigenvalue weighted by atomic mass is 15.1. The standard InChI is InChI=1S/C55H58N4/c1-50(2,3)37-28-30-56-44(33-37)54(11,35-20-15-13-16-21-35)39-26-27-40-41-24-19-25-43-46(41)59-48(53(9,10)52(43,7)8)47(58-49(59)42(40)32-39)55(12,36-22-17-14-18-23-36)45-34-38(29-31-57-45)51(4,5)6/h13-34H,1-12H3/t54?,55-/m1/s1. The Kier molecular flexibility index (Phi) is 8.53. The fourth-order valence-electron chi connectivity index (χ4n) is 9.91. The van der Waals surface area contributed by atoms with Crippen molar-refractivity contribution in [2.75, 3.05) is 0 Å². The number of imidazole rings is 1. The Bertz CT molecular complexity index is 2920. The molecule has 0 amide bonds. The van der Waals surface area contributed by atoms with Crippen molar-refractivity contribution >= 4 is 27.3 Å². The van der Waals surface area contributed by atoms with Gasteiger partial charge in [-0.25, -0.2) is 4.98 Å². The van der Waals surface area contributed by atoms with Gasteiger partial charge in [-0.05, 0) is 93.8 Å². The van der Waals surface area contributed by atoms with Crippen molar-refractivity contribution in [3.63, 3.8) is 0 Å². The van der Waals surface area contributed by atoms with Gasteiger partial charge >= 0.3 is 0 Å². The van der Waals surface area contributed by atoms with E-state index in [-0.39, 0.29) is 21.7 Å². The van der Waals surface area contributed by atoms with Gasteiger partial charge in [0.2, 0.25) is 0 Å². The minimum absolute atomic E-state index is 0.0227. The minimum Gasteiger partial charge on any atom is -0.295 e. The van der Waals surface area contributed by atoms with Gasteiger partial charge in [0.25, 0.3) is 0 Å². The third-order valence-electron chi connectivity index (χ3n) is 14.5. The summed E-state index contributed by atoms with van der Waals surface area (Å²) in [5.41, 5.74) is 12.2. The average Bonchev–Trinajstić information content (AvgIpc) is 3.65. The predicted octanol–water partition coefficient (Wildman–Crippen LogP) is 13.3. The zero-order valence-corrected chi connectivity index (χ0v) is 37.0. The fraction of sp³-hybridized carbons (Fsp3) is 0.327. The van der Waals surface area contributed by atoms with Crippen LogP contribution in [0, 0.1) is 0 Å². The number of nitrogens with zero attached hydrogens (tertiary/aromatic N) is 4. The molecule has 0 spiro atoms. The first-order valence-corrected chi connectivity index (χ1v) is 21.3. The Hall–Kier alpha value is -5.61. The second-order valence-electron chi connectivity index (χ2n) is 20.5. The van der Waals surface area contributed by atoms with E-state index in [9.17, 15) is 0 Å². The van der Waals surface area contributed by atoms with Gasteiger partial charge in [0, 0.05) is 34.0 Å². The Morgan fingerprint density at radius 2 is 1.00 bits per heavy atom. The molecule has 0 radical (unpaired) electrons. The van der Waals surface area contributed by atoms with Crippen LogP contribution < -0.4 is 0 Å². The van der Waals surface area contributed by atoms with E-state index in [2.05, 4.69) is 209 Å². The van der Waals surface area contributed by atoms with Crippen molar-refractivity contribution in [1.82, 2.24) is 19.4 Å². The van der Waals surface area contributed by atoms with E-state index in [1.54, 1.807) is 0 Å². The zero-order valence-electron chi connectivity index (χ0n) is 37.0. The normalized spacial score (nSPS) is 17.0. The van der Waals surface area contributed by atoms with Gasteiger partial charge < -0.3 is 0 Å². The Morgan fingerprint density at radius 1 is 0.458 bits per heavy atom. The van der Waals surface area contributed by atoms with Gasteiger partial charge in [-0.3, -0.25) is 14.4 Å². The molecule has 1 unspecified atom stereocenters. The number of hydrogen-bond acceptors (Lipinski definition) is 3. The van der Waals surface area contributed by atoms with Crippen LogP contribution in [0.1, 0.15) is 139 Å². The molecule has 4 heteroatoms. The summed E-state index contributed by atoms with van der Waals surface area (Å²) >= 11 is 0. The molecular formula is C55H58N4. The van der Waals surface area contributed by atoms with Crippen LogP contribution in [-0.2, 0) is 32.5 Å². The molecule has 0 aliphatic carbocycles. The average molecular weight is 775 g/mol. The predicted molar refractivity (Wildman–Crippen MR) is 246 cm³/mol. The van der Waals surface area contributed by atoms with Crippen molar-refractivity contribution in [1.29, 1.82) is 0 Å². The molecule has 0 fully saturated rings. The van der Waals surface area contributed by atoms with Crippen molar-refractivity contribution in [3.8, 4) is 0 Å². The summed E-state index contributed by atoms with van der Waals surface area (Å²) in [6, 6.07) is 44.8. The molecule has 0 saturated heterocycles. The van der Waals surface area contributed by atoms with Crippen LogP contribution >= 0.6 is 0 Å². The number of benzene rings is 4. The van der Waals surface area contributed by atoms with Crippen LogP contribution in [0.2, 0.25) is 0 Å². The van der Waals surface area contributed by atoms with Gasteiger partial charge in [-0.15, -0.1) is 0 Å². The molecule has 0 N–H and O–H groups in total. The molecule has 9 rings (SSSR count). The van der Waals surface area contributed by atoms with Crippen molar-refractivity contribution in [2.45, 2.75) is 116 Å². The molecule has 4 aromatic heterocycles. The largest absolute Gasteiger partial charge is 0.295 e. The molecule has 4 nitrogen and oxygen atoms in total. The zero-order chi connectivity index (χ0) is 41.9. The van der Waals surface area contributed by atoms with Crippen molar-refractivity contribution in [3.05, 3.63) is 190 Å². The van der Waals surface area contributed by atoms with Gasteiger partial charge in [-0.1, -0.05) is 160 Å². The lowest BCUT2D eigenvalue weighted by molar-refractivity contribution is 0.284. The lowest BCUT2D eigenvalue weighted by atomic mass is 9.58. The quantitative estimate of drug-likeness (QED) is 0.158. The molecule has 1 aliphatic rings. The lowest BCUT2D eigenvalue weighted by Gasteiger charge is -2.47. The lowest BCUT2D eigenvalue weighted by Crippen LogP contribution is -2.46. The second kappa shape index (κ2) is 12.9. The van der Waals surface area contributed by atoms with Crippen LogP contribution in [0.15, 0.2) is 134 Å². The first kappa shape index (κ1) is 38.9. The molecule has 59 heavy (non-hydrogen) atoms. The molecule has 4 aromatic carbocycles. The van der Waals surface area contributed by atoms with E-state index >= 15 is 0 Å². The monoisotopic (exact) mass is 774 g/mol. The summed E-state index contributed by atoms with van der Waals surface area (Å²) < 4.78 is 2.55. The van der Waals surface area contributed by atoms with E-state index in [1.165, 1.54) is 55.4 Å². The summed E-state index contributed by atoms with van der Waals surface area (Å²) in [5.74, 6) is 0. The molecule has 1 aliphatic heterocycles. The number of para-hydroxylation sites is 1. The Morgan fingerprint density at radius 3 is 1.56 bits per heavy atom. The van der Waals surface area contributed by atoms with E-state index in [0.29, 0.717) is 0 Å². The maximum absolute atomic E-state index is 6.00. The van der Waals surface area contributed by atoms with Crippen LogP contribution in [-0.4, -0.2) is 19.4 Å². The van der Waals surface area contributed by atoms with Gasteiger partial charge in [0.15, 0.2) is 0 Å². The first-order chi connectivity index (χ1) is 27.8. The highest BCUT2D eigenvalue weighted by molar-refractivity contribution is 6.13. The maximum atomic E-state index is 6.00. The molecule has 0 saturated carbocycles. The van der Waals surface area contributed by atoms with Crippen LogP contribution in [0.25, 0.3) is 27.3 Å². The van der Waals surface area contributed by atoms with Crippen LogP contribution in [0.4, 0.5) is 0 Å². The summed E-state index contributed by atoms with van der Waals surface area (Å²) in [6.07, 6.45) is 3.98. The van der Waals surface area contributed by atoms with Crippen LogP contribution in [0.3, 0.4) is 0 Å². The van der Waals surface area contributed by atoms with Crippen LogP contribution in [0.5, 0.6) is 0 Å². The molecule has 5 heterocycles. The SMILES string of the molecule is CC(C)(C)c1ccnc(C(C)(c2ccccc2)c2ccc3c(c2)c2nc([C@](C)(c4ccccc4)c4cc(C(C)(C)C)ccn4)c4n2c2c(cccc32)C(C)(C)C4(C)C)c1. The smallest absolute Gasteiger partial charge is 0.145 e. The maximum Gasteiger partial charge on any atom is 0.145 e. The molecule has 298 valence electrons. The number of fused-ring (bicyclic) bond motifs is 3. The molecule has 8 aromatic rings. The molecule has 0 bridgehead atoms. The van der Waals surface area contributed by atoms with Gasteiger partial charge in [-0.2, -0.15) is 0 Å². The fourth-order valence-corrected chi connectivity index (χ4v) is 9.91. The van der Waals surface area contributed by atoms with Crippen molar-refractivity contribution in [2.24, 2.45) is 0 Å². The third kappa shape index (κ3) is 5.58.